The molecule has 1 saturated carbocycles. The number of hydrogen-bond donors (Lipinski definition) is 0. The van der Waals surface area contributed by atoms with Gasteiger partial charge < -0.3 is 4.90 Å². The van der Waals surface area contributed by atoms with Crippen LogP contribution in [0.15, 0.2) is 46.0 Å². The topological polar surface area (TPSA) is 110 Å². The van der Waals surface area contributed by atoms with Crippen molar-refractivity contribution in [2.24, 2.45) is 16.2 Å². The molecule has 0 aromatic carbocycles. The Morgan fingerprint density at radius 1 is 1.09 bits per heavy atom. The maximum atomic E-state index is 12.8. The Labute approximate surface area is 200 Å². The molecule has 2 aliphatic rings. The fourth-order valence-corrected chi connectivity index (χ4v) is 7.15. The largest absolute Gasteiger partial charge is 0.354 e. The zero-order chi connectivity index (χ0) is 24.1. The Morgan fingerprint density at radius 2 is 1.88 bits per heavy atom. The van der Waals surface area contributed by atoms with Gasteiger partial charge in [-0.15, -0.1) is 0 Å². The molecule has 34 heavy (non-hydrogen) atoms. The zero-order valence-corrected chi connectivity index (χ0v) is 21.3. The molecule has 0 spiro atoms. The first-order valence-corrected chi connectivity index (χ1v) is 15.5. The zero-order valence-electron chi connectivity index (χ0n) is 19.7. The van der Waals surface area contributed by atoms with Gasteiger partial charge in [-0.05, 0) is 49.3 Å². The van der Waals surface area contributed by atoms with Gasteiger partial charge in [0.25, 0.3) is 0 Å². The van der Waals surface area contributed by atoms with Gasteiger partial charge in [-0.3, -0.25) is 8.61 Å². The van der Waals surface area contributed by atoms with Crippen LogP contribution in [-0.4, -0.2) is 69.4 Å². The van der Waals surface area contributed by atoms with Crippen LogP contribution in [0, 0.1) is 11.8 Å². The van der Waals surface area contributed by atoms with Gasteiger partial charge >= 0.3 is 0 Å². The molecule has 0 bridgehead atoms. The normalized spacial score (nSPS) is 21.7. The molecule has 2 fully saturated rings. The predicted molar refractivity (Wildman–Crippen MR) is 133 cm³/mol. The summed E-state index contributed by atoms with van der Waals surface area (Å²) in [7, 11) is -5.54. The minimum atomic E-state index is -3.35. The van der Waals surface area contributed by atoms with Gasteiger partial charge in [-0.2, -0.15) is 0 Å². The van der Waals surface area contributed by atoms with Crippen molar-refractivity contribution in [1.29, 1.82) is 0 Å². The van der Waals surface area contributed by atoms with Crippen molar-refractivity contribution in [2.75, 3.05) is 36.3 Å². The van der Waals surface area contributed by atoms with Crippen molar-refractivity contribution in [3.8, 4) is 11.5 Å². The molecule has 1 saturated heterocycles. The average Bonchev–Trinajstić information content (AvgIpc) is 3.45. The molecular formula is C23H30N6O3S2. The number of aromatic nitrogens is 4. The van der Waals surface area contributed by atoms with E-state index in [1.807, 2.05) is 6.07 Å². The number of hydrogen-bond acceptors (Lipinski definition) is 8. The summed E-state index contributed by atoms with van der Waals surface area (Å²) in [6.45, 7) is 3.64. The number of sulfone groups is 1. The number of rotatable bonds is 6. The number of piperidine rings is 1. The highest BCUT2D eigenvalue weighted by Crippen LogP contribution is 2.32. The van der Waals surface area contributed by atoms with Crippen molar-refractivity contribution in [1.82, 2.24) is 19.4 Å². The highest BCUT2D eigenvalue weighted by molar-refractivity contribution is 7.92. The molecule has 4 heterocycles. The van der Waals surface area contributed by atoms with Gasteiger partial charge in [0.2, 0.25) is 0 Å². The van der Waals surface area contributed by atoms with Crippen LogP contribution in [0.2, 0.25) is 0 Å². The maximum Gasteiger partial charge on any atom is 0.180 e. The van der Waals surface area contributed by atoms with Gasteiger partial charge in [-0.25, -0.2) is 27.7 Å². The lowest BCUT2D eigenvalue weighted by atomic mass is 9.97. The van der Waals surface area contributed by atoms with Gasteiger partial charge in [0.1, 0.15) is 17.2 Å². The summed E-state index contributed by atoms with van der Waals surface area (Å²) in [5.41, 5.74) is 1.28. The third kappa shape index (κ3) is 5.10. The first-order valence-electron chi connectivity index (χ1n) is 11.5. The summed E-state index contributed by atoms with van der Waals surface area (Å²) >= 11 is 0. The molecule has 182 valence electrons. The Bertz CT molecular complexity index is 1450. The van der Waals surface area contributed by atoms with Crippen molar-refractivity contribution in [2.45, 2.75) is 37.1 Å². The van der Waals surface area contributed by atoms with Crippen LogP contribution in [0.1, 0.15) is 26.2 Å². The Morgan fingerprint density at radius 3 is 2.62 bits per heavy atom. The number of imidazole rings is 1. The highest BCUT2D eigenvalue weighted by Gasteiger charge is 2.30. The van der Waals surface area contributed by atoms with Gasteiger partial charge in [0.05, 0.1) is 22.9 Å². The van der Waals surface area contributed by atoms with Crippen LogP contribution < -0.4 is 4.90 Å². The molecule has 0 unspecified atom stereocenters. The lowest BCUT2D eigenvalue weighted by Crippen LogP contribution is -2.42. The average molecular weight is 503 g/mol. The van der Waals surface area contributed by atoms with E-state index >= 15 is 0 Å². The molecule has 0 N–H and O–H groups in total. The first kappa shape index (κ1) is 23.2. The Hall–Kier alpha value is -2.53. The van der Waals surface area contributed by atoms with E-state index in [-0.39, 0.29) is 17.7 Å². The van der Waals surface area contributed by atoms with E-state index < -0.39 is 19.6 Å². The monoisotopic (exact) mass is 502 g/mol. The van der Waals surface area contributed by atoms with Gasteiger partial charge in [-0.1, -0.05) is 6.92 Å². The predicted octanol–water partition coefficient (Wildman–Crippen LogP) is 2.92. The molecule has 3 aromatic heterocycles. The molecule has 1 aliphatic heterocycles. The third-order valence-corrected chi connectivity index (χ3v) is 8.90. The van der Waals surface area contributed by atoms with E-state index in [9.17, 15) is 12.6 Å². The first-order chi connectivity index (χ1) is 16.1. The number of pyridine rings is 1. The van der Waals surface area contributed by atoms with Crippen molar-refractivity contribution in [3.05, 3.63) is 36.8 Å². The summed E-state index contributed by atoms with van der Waals surface area (Å²) in [4.78, 5) is 16.1. The summed E-state index contributed by atoms with van der Waals surface area (Å²) in [6, 6.07) is 5.19. The van der Waals surface area contributed by atoms with E-state index in [1.165, 1.54) is 0 Å². The van der Waals surface area contributed by atoms with E-state index in [0.717, 1.165) is 31.6 Å². The second-order valence-corrected chi connectivity index (χ2v) is 14.5. The van der Waals surface area contributed by atoms with E-state index in [1.54, 1.807) is 47.6 Å². The summed E-state index contributed by atoms with van der Waals surface area (Å²) in [5, 5.41) is 0. The van der Waals surface area contributed by atoms with Crippen molar-refractivity contribution >= 4 is 31.0 Å². The molecule has 3 aromatic rings. The number of anilines is 1. The van der Waals surface area contributed by atoms with Crippen LogP contribution in [0.4, 0.5) is 5.82 Å². The fraction of sp³-hybridized carbons (Fsp3) is 0.522. The maximum absolute atomic E-state index is 12.8. The van der Waals surface area contributed by atoms with Crippen LogP contribution in [0.5, 0.6) is 0 Å². The Kier molecular flexibility index (Phi) is 5.87. The molecule has 0 amide bonds. The van der Waals surface area contributed by atoms with E-state index in [4.69, 9.17) is 4.98 Å². The fourth-order valence-electron chi connectivity index (χ4n) is 4.59. The van der Waals surface area contributed by atoms with Crippen LogP contribution in [0.3, 0.4) is 0 Å². The summed E-state index contributed by atoms with van der Waals surface area (Å²) < 4.78 is 44.2. The summed E-state index contributed by atoms with van der Waals surface area (Å²) in [5.74, 6) is 2.10. The van der Waals surface area contributed by atoms with Crippen molar-refractivity contribution < 1.29 is 12.6 Å². The van der Waals surface area contributed by atoms with Crippen LogP contribution in [0.25, 0.3) is 17.2 Å². The van der Waals surface area contributed by atoms with Gasteiger partial charge in [0, 0.05) is 47.7 Å². The smallest absolute Gasteiger partial charge is 0.180 e. The Balaban J connectivity index is 1.48. The third-order valence-electron chi connectivity index (χ3n) is 6.22. The molecule has 1 aliphatic carbocycles. The quantitative estimate of drug-likeness (QED) is 0.510. The minimum Gasteiger partial charge on any atom is -0.354 e. The number of nitrogens with zero attached hydrogens (tertiary/aromatic N) is 6. The second kappa shape index (κ2) is 8.60. The molecule has 11 heteroatoms. The molecule has 2 atom stereocenters. The van der Waals surface area contributed by atoms with Crippen LogP contribution >= 0.6 is 0 Å². The molecule has 5 rings (SSSR count). The summed E-state index contributed by atoms with van der Waals surface area (Å²) in [6.07, 6.45) is 11.2. The second-order valence-electron chi connectivity index (χ2n) is 9.89. The SMILES string of the molecule is C[C@H]1C[C@@H](N=S(C)(C)=O)CN(c2ccnc(-c3cnc4ccc(S(=O)(=O)CC5CC5)cn34)n2)C1. The van der Waals surface area contributed by atoms with Crippen LogP contribution in [-0.2, 0) is 19.6 Å². The highest BCUT2D eigenvalue weighted by atomic mass is 32.2. The molecular weight excluding hydrogens is 472 g/mol. The molecule has 0 radical (unpaired) electrons. The standard InChI is InChI=1S/C23H30N6O3S2/c1-16-10-18(27-33(2,3)30)13-28(12-16)22-8-9-24-23(26-22)20-11-25-21-7-6-19(14-29(20)21)34(31,32)15-17-4-5-17/h6-9,11,14,16-18H,4-5,10,12-13,15H2,1-3H3/t16-,18+/m0/s1. The van der Waals surface area contributed by atoms with E-state index in [0.29, 0.717) is 34.5 Å². The lowest BCUT2D eigenvalue weighted by Gasteiger charge is -2.35. The molecule has 9 nitrogen and oxygen atoms in total. The van der Waals surface area contributed by atoms with E-state index in [2.05, 4.69) is 26.2 Å². The number of fused-ring (bicyclic) bond motifs is 1. The van der Waals surface area contributed by atoms with Gasteiger partial charge in [0.15, 0.2) is 15.7 Å². The van der Waals surface area contributed by atoms with Crippen molar-refractivity contribution in [3.63, 3.8) is 0 Å². The lowest BCUT2D eigenvalue weighted by molar-refractivity contribution is 0.402. The minimum absolute atomic E-state index is 0.0142.